The molecule has 0 heterocycles. The first-order chi connectivity index (χ1) is 16.1. The number of hydrogen-bond donors (Lipinski definition) is 2. The normalized spacial score (nSPS) is 13.0. The Bertz CT molecular complexity index is 1080. The van der Waals surface area contributed by atoms with Gasteiger partial charge in [-0.25, -0.2) is 9.59 Å². The van der Waals surface area contributed by atoms with Gasteiger partial charge in [0.25, 0.3) is 0 Å². The highest BCUT2D eigenvalue weighted by molar-refractivity contribution is 5.81. The maximum atomic E-state index is 12.5. The molecule has 6 nitrogen and oxygen atoms in total. The number of carboxylic acid groups (broad SMARTS) is 1. The number of benzene rings is 3. The maximum absolute atomic E-state index is 12.5. The highest BCUT2D eigenvalue weighted by Gasteiger charge is 2.29. The number of carbonyl (C=O) groups excluding carboxylic acids is 1. The molecule has 33 heavy (non-hydrogen) atoms. The number of nitrogens with one attached hydrogen (secondary N) is 1. The topological polar surface area (TPSA) is 84.9 Å². The lowest BCUT2D eigenvalue weighted by molar-refractivity contribution is -0.139. The number of hydrogen-bond acceptors (Lipinski definition) is 4. The van der Waals surface area contributed by atoms with Crippen molar-refractivity contribution in [3.8, 4) is 16.9 Å². The largest absolute Gasteiger partial charge is 0.494 e. The smallest absolute Gasteiger partial charge is 0.407 e. The van der Waals surface area contributed by atoms with Crippen LogP contribution in [0.3, 0.4) is 0 Å². The fourth-order valence-corrected chi connectivity index (χ4v) is 4.16. The van der Waals surface area contributed by atoms with Crippen molar-refractivity contribution in [3.63, 3.8) is 0 Å². The Hall–Kier alpha value is -3.80. The Morgan fingerprint density at radius 1 is 0.939 bits per heavy atom. The SMILES string of the molecule is CCCOc1ccc(CC(NC(=O)OCC2c3ccccc3-c3ccccc32)C(=O)O)cc1. The van der Waals surface area contributed by atoms with Gasteiger partial charge in [-0.05, 0) is 46.4 Å². The van der Waals surface area contributed by atoms with E-state index in [1.807, 2.05) is 43.3 Å². The zero-order valence-corrected chi connectivity index (χ0v) is 18.5. The molecule has 1 unspecified atom stereocenters. The first-order valence-electron chi connectivity index (χ1n) is 11.1. The average molecular weight is 446 g/mol. The molecule has 0 radical (unpaired) electrons. The summed E-state index contributed by atoms with van der Waals surface area (Å²) in [5, 5.41) is 12.1. The molecule has 1 atom stereocenters. The van der Waals surface area contributed by atoms with E-state index in [1.165, 1.54) is 0 Å². The van der Waals surface area contributed by atoms with Gasteiger partial charge in [0.15, 0.2) is 0 Å². The van der Waals surface area contributed by atoms with Crippen molar-refractivity contribution in [2.45, 2.75) is 31.7 Å². The van der Waals surface area contributed by atoms with Crippen molar-refractivity contribution in [2.24, 2.45) is 0 Å². The van der Waals surface area contributed by atoms with Crippen LogP contribution < -0.4 is 10.1 Å². The summed E-state index contributed by atoms with van der Waals surface area (Å²) in [7, 11) is 0. The van der Waals surface area contributed by atoms with E-state index in [4.69, 9.17) is 9.47 Å². The molecule has 0 aliphatic heterocycles. The molecule has 1 aliphatic carbocycles. The van der Waals surface area contributed by atoms with Crippen LogP contribution in [-0.2, 0) is 16.0 Å². The van der Waals surface area contributed by atoms with E-state index in [0.717, 1.165) is 40.0 Å². The van der Waals surface area contributed by atoms with Gasteiger partial charge in [-0.3, -0.25) is 0 Å². The van der Waals surface area contributed by atoms with Crippen LogP contribution in [-0.4, -0.2) is 36.4 Å². The van der Waals surface area contributed by atoms with Gasteiger partial charge in [-0.1, -0.05) is 67.6 Å². The second kappa shape index (κ2) is 10.2. The van der Waals surface area contributed by atoms with Crippen LogP contribution in [0.4, 0.5) is 4.79 Å². The monoisotopic (exact) mass is 445 g/mol. The lowest BCUT2D eigenvalue weighted by Gasteiger charge is -2.17. The second-order valence-electron chi connectivity index (χ2n) is 8.06. The van der Waals surface area contributed by atoms with Gasteiger partial charge in [0.1, 0.15) is 18.4 Å². The van der Waals surface area contributed by atoms with Crippen molar-refractivity contribution >= 4 is 12.1 Å². The van der Waals surface area contributed by atoms with E-state index in [1.54, 1.807) is 24.3 Å². The average Bonchev–Trinajstić information content (AvgIpc) is 3.15. The molecule has 170 valence electrons. The van der Waals surface area contributed by atoms with Gasteiger partial charge < -0.3 is 19.9 Å². The molecule has 3 aromatic rings. The number of alkyl carbamates (subject to hydrolysis) is 1. The predicted molar refractivity (Wildman–Crippen MR) is 126 cm³/mol. The lowest BCUT2D eigenvalue weighted by atomic mass is 9.98. The number of carbonyl (C=O) groups is 2. The molecule has 3 aromatic carbocycles. The van der Waals surface area contributed by atoms with Crippen molar-refractivity contribution in [2.75, 3.05) is 13.2 Å². The zero-order chi connectivity index (χ0) is 23.2. The van der Waals surface area contributed by atoms with Gasteiger partial charge in [-0.2, -0.15) is 0 Å². The molecule has 1 amide bonds. The summed E-state index contributed by atoms with van der Waals surface area (Å²) in [6, 6.07) is 22.2. The van der Waals surface area contributed by atoms with Gasteiger partial charge >= 0.3 is 12.1 Å². The molecule has 0 saturated heterocycles. The maximum Gasteiger partial charge on any atom is 0.407 e. The van der Waals surface area contributed by atoms with Gasteiger partial charge in [-0.15, -0.1) is 0 Å². The molecule has 0 saturated carbocycles. The molecular formula is C27H27NO5. The van der Waals surface area contributed by atoms with Crippen LogP contribution in [0, 0.1) is 0 Å². The third kappa shape index (κ3) is 5.17. The quantitative estimate of drug-likeness (QED) is 0.484. The Labute approximate surface area is 193 Å². The van der Waals surface area contributed by atoms with Crippen molar-refractivity contribution < 1.29 is 24.2 Å². The third-order valence-electron chi connectivity index (χ3n) is 5.77. The molecule has 0 bridgehead atoms. The van der Waals surface area contributed by atoms with Gasteiger partial charge in [0, 0.05) is 12.3 Å². The molecule has 1 aliphatic rings. The highest BCUT2D eigenvalue weighted by Crippen LogP contribution is 2.44. The number of fused-ring (bicyclic) bond motifs is 3. The van der Waals surface area contributed by atoms with Gasteiger partial charge in [0.2, 0.25) is 0 Å². The standard InChI is InChI=1S/C27H27NO5/c1-2-15-32-19-13-11-18(12-14-19)16-25(26(29)30)28-27(31)33-17-24-22-9-5-3-7-20(22)21-8-4-6-10-23(21)24/h3-14,24-25H,2,15-17H2,1H3,(H,28,31)(H,29,30). The number of ether oxygens (including phenoxy) is 2. The van der Waals surface area contributed by atoms with E-state index in [-0.39, 0.29) is 18.9 Å². The van der Waals surface area contributed by atoms with Crippen molar-refractivity contribution in [1.29, 1.82) is 0 Å². The highest BCUT2D eigenvalue weighted by atomic mass is 16.5. The van der Waals surface area contributed by atoms with Crippen molar-refractivity contribution in [3.05, 3.63) is 89.5 Å². The molecule has 0 fully saturated rings. The summed E-state index contributed by atoms with van der Waals surface area (Å²) >= 11 is 0. The third-order valence-corrected chi connectivity index (χ3v) is 5.77. The summed E-state index contributed by atoms with van der Waals surface area (Å²) in [5.74, 6) is -0.464. The minimum Gasteiger partial charge on any atom is -0.494 e. The Morgan fingerprint density at radius 2 is 1.55 bits per heavy atom. The lowest BCUT2D eigenvalue weighted by Crippen LogP contribution is -2.42. The molecule has 4 rings (SSSR count). The van der Waals surface area contributed by atoms with Gasteiger partial charge in [0.05, 0.1) is 6.61 Å². The Kier molecular flexibility index (Phi) is 6.93. The van der Waals surface area contributed by atoms with E-state index < -0.39 is 18.1 Å². The van der Waals surface area contributed by atoms with E-state index in [0.29, 0.717) is 6.61 Å². The molecule has 2 N–H and O–H groups in total. The second-order valence-corrected chi connectivity index (χ2v) is 8.06. The Morgan fingerprint density at radius 3 is 2.12 bits per heavy atom. The van der Waals surface area contributed by atoms with Crippen LogP contribution in [0.15, 0.2) is 72.8 Å². The van der Waals surface area contributed by atoms with Crippen molar-refractivity contribution in [1.82, 2.24) is 5.32 Å². The summed E-state index contributed by atoms with van der Waals surface area (Å²) in [6.07, 6.45) is 0.313. The molecular weight excluding hydrogens is 418 g/mol. The minimum absolute atomic E-state index is 0.0814. The number of amides is 1. The fraction of sp³-hybridized carbons (Fsp3) is 0.259. The minimum atomic E-state index is -1.12. The van der Waals surface area contributed by atoms with Crippen LogP contribution in [0.1, 0.15) is 36.0 Å². The van der Waals surface area contributed by atoms with Crippen LogP contribution in [0.2, 0.25) is 0 Å². The first-order valence-corrected chi connectivity index (χ1v) is 11.1. The summed E-state index contributed by atoms with van der Waals surface area (Å²) in [4.78, 5) is 24.2. The van der Waals surface area contributed by atoms with Crippen LogP contribution in [0.5, 0.6) is 5.75 Å². The zero-order valence-electron chi connectivity index (χ0n) is 18.5. The Balaban J connectivity index is 1.38. The molecule has 6 heteroatoms. The van der Waals surface area contributed by atoms with E-state index in [9.17, 15) is 14.7 Å². The summed E-state index contributed by atoms with van der Waals surface area (Å²) in [6.45, 7) is 2.79. The molecule has 0 aromatic heterocycles. The fourth-order valence-electron chi connectivity index (χ4n) is 4.16. The van der Waals surface area contributed by atoms with E-state index >= 15 is 0 Å². The van der Waals surface area contributed by atoms with Crippen LogP contribution in [0.25, 0.3) is 11.1 Å². The number of carboxylic acids is 1. The molecule has 0 spiro atoms. The summed E-state index contributed by atoms with van der Waals surface area (Å²) in [5.41, 5.74) is 5.26. The number of aliphatic carboxylic acids is 1. The first kappa shape index (κ1) is 22.4. The van der Waals surface area contributed by atoms with Crippen LogP contribution >= 0.6 is 0 Å². The number of rotatable bonds is 9. The predicted octanol–water partition coefficient (Wildman–Crippen LogP) is 5.01. The summed E-state index contributed by atoms with van der Waals surface area (Å²) < 4.78 is 11.0. The van der Waals surface area contributed by atoms with E-state index in [2.05, 4.69) is 17.4 Å².